The molecule has 0 saturated heterocycles. The quantitative estimate of drug-likeness (QED) is 0.752. The molecule has 1 aromatic heterocycles. The van der Waals surface area contributed by atoms with Gasteiger partial charge in [-0.1, -0.05) is 32.9 Å². The summed E-state index contributed by atoms with van der Waals surface area (Å²) in [6.45, 7) is 10.7. The summed E-state index contributed by atoms with van der Waals surface area (Å²) in [5, 5.41) is 8.71. The monoisotopic (exact) mass is 229 g/mol. The lowest BCUT2D eigenvalue weighted by atomic mass is 9.83. The molecule has 0 amide bonds. The van der Waals surface area contributed by atoms with Gasteiger partial charge >= 0.3 is 0 Å². The maximum Gasteiger partial charge on any atom is 0.0896 e. The molecule has 0 N–H and O–H groups in total. The number of aromatic nitrogens is 3. The lowest BCUT2D eigenvalue weighted by Gasteiger charge is -2.24. The van der Waals surface area contributed by atoms with Crippen LogP contribution in [0, 0.1) is 13.8 Å². The summed E-state index contributed by atoms with van der Waals surface area (Å²) < 4.78 is 0. The molecule has 0 atom stereocenters. The van der Waals surface area contributed by atoms with Crippen molar-refractivity contribution in [3.63, 3.8) is 0 Å². The van der Waals surface area contributed by atoms with E-state index in [0.29, 0.717) is 0 Å². The number of hydrogen-bond acceptors (Lipinski definition) is 2. The fraction of sp³-hybridized carbons (Fsp3) is 0.429. The zero-order chi connectivity index (χ0) is 12.6. The van der Waals surface area contributed by atoms with Crippen molar-refractivity contribution in [3.8, 4) is 5.69 Å². The van der Waals surface area contributed by atoms with E-state index in [2.05, 4.69) is 56.1 Å². The summed E-state index contributed by atoms with van der Waals surface area (Å²) in [6, 6.07) is 6.27. The Labute approximate surface area is 102 Å². The number of aryl methyl sites for hydroxylation is 2. The van der Waals surface area contributed by atoms with E-state index in [1.54, 1.807) is 11.0 Å². The smallest absolute Gasteiger partial charge is 0.0896 e. The second-order valence-corrected chi connectivity index (χ2v) is 5.49. The van der Waals surface area contributed by atoms with E-state index in [0.717, 1.165) is 11.4 Å². The van der Waals surface area contributed by atoms with E-state index in [4.69, 9.17) is 0 Å². The fourth-order valence-corrected chi connectivity index (χ4v) is 2.25. The van der Waals surface area contributed by atoms with Crippen LogP contribution in [0.4, 0.5) is 0 Å². The van der Waals surface area contributed by atoms with E-state index in [9.17, 15) is 0 Å². The van der Waals surface area contributed by atoms with Crippen LogP contribution in [0.2, 0.25) is 0 Å². The first-order valence-corrected chi connectivity index (χ1v) is 5.89. The molecule has 0 aliphatic heterocycles. The first-order chi connectivity index (χ1) is 7.89. The third kappa shape index (κ3) is 2.23. The first kappa shape index (κ1) is 11.8. The van der Waals surface area contributed by atoms with Crippen molar-refractivity contribution in [1.82, 2.24) is 15.0 Å². The standard InChI is InChI=1S/C14H19N3/c1-10-7-6-8-12(13(10)14(3,4)5)17-15-9-11(2)16-17/h6-9H,1-5H3. The summed E-state index contributed by atoms with van der Waals surface area (Å²) in [5.41, 5.74) is 4.68. The van der Waals surface area contributed by atoms with E-state index in [-0.39, 0.29) is 5.41 Å². The molecular weight excluding hydrogens is 210 g/mol. The van der Waals surface area contributed by atoms with Gasteiger partial charge in [0.2, 0.25) is 0 Å². The number of rotatable bonds is 1. The van der Waals surface area contributed by atoms with E-state index >= 15 is 0 Å². The maximum absolute atomic E-state index is 4.40. The molecule has 0 aliphatic rings. The molecule has 0 radical (unpaired) electrons. The Morgan fingerprint density at radius 1 is 1.12 bits per heavy atom. The van der Waals surface area contributed by atoms with Gasteiger partial charge in [0, 0.05) is 0 Å². The Bertz CT molecular complexity index is 533. The summed E-state index contributed by atoms with van der Waals surface area (Å²) in [6.07, 6.45) is 1.79. The van der Waals surface area contributed by atoms with Gasteiger partial charge < -0.3 is 0 Å². The van der Waals surface area contributed by atoms with Crippen LogP contribution in [0.15, 0.2) is 24.4 Å². The van der Waals surface area contributed by atoms with Gasteiger partial charge in [-0.05, 0) is 36.5 Å². The zero-order valence-corrected chi connectivity index (χ0v) is 11.2. The molecule has 90 valence electrons. The summed E-state index contributed by atoms with van der Waals surface area (Å²) in [7, 11) is 0. The fourth-order valence-electron chi connectivity index (χ4n) is 2.25. The van der Waals surface area contributed by atoms with Crippen LogP contribution in [0.3, 0.4) is 0 Å². The summed E-state index contributed by atoms with van der Waals surface area (Å²) in [5.74, 6) is 0. The van der Waals surface area contributed by atoms with Crippen molar-refractivity contribution in [2.45, 2.75) is 40.0 Å². The highest BCUT2D eigenvalue weighted by Gasteiger charge is 2.21. The summed E-state index contributed by atoms with van der Waals surface area (Å²) in [4.78, 5) is 1.73. The minimum atomic E-state index is 0.0855. The molecule has 0 bridgehead atoms. The van der Waals surface area contributed by atoms with Gasteiger partial charge in [0.25, 0.3) is 0 Å². The molecule has 3 nitrogen and oxygen atoms in total. The van der Waals surface area contributed by atoms with Crippen molar-refractivity contribution in [2.75, 3.05) is 0 Å². The Kier molecular flexibility index (Phi) is 2.77. The van der Waals surface area contributed by atoms with Crippen molar-refractivity contribution < 1.29 is 0 Å². The first-order valence-electron chi connectivity index (χ1n) is 5.89. The van der Waals surface area contributed by atoms with Gasteiger partial charge in [-0.3, -0.25) is 0 Å². The molecule has 2 aromatic rings. The van der Waals surface area contributed by atoms with Crippen molar-refractivity contribution in [2.24, 2.45) is 0 Å². The topological polar surface area (TPSA) is 30.7 Å². The number of nitrogens with zero attached hydrogens (tertiary/aromatic N) is 3. The Morgan fingerprint density at radius 3 is 2.35 bits per heavy atom. The Hall–Kier alpha value is -1.64. The highest BCUT2D eigenvalue weighted by molar-refractivity contribution is 5.48. The largest absolute Gasteiger partial charge is 0.157 e. The lowest BCUT2D eigenvalue weighted by Crippen LogP contribution is -2.18. The molecule has 17 heavy (non-hydrogen) atoms. The number of benzene rings is 1. The molecule has 2 rings (SSSR count). The average molecular weight is 229 g/mol. The lowest BCUT2D eigenvalue weighted by molar-refractivity contribution is 0.572. The second kappa shape index (κ2) is 3.99. The third-order valence-electron chi connectivity index (χ3n) is 2.82. The van der Waals surface area contributed by atoms with Gasteiger partial charge in [0.1, 0.15) is 0 Å². The third-order valence-corrected chi connectivity index (χ3v) is 2.82. The highest BCUT2D eigenvalue weighted by atomic mass is 15.5. The van der Waals surface area contributed by atoms with E-state index in [1.807, 2.05) is 6.92 Å². The van der Waals surface area contributed by atoms with Gasteiger partial charge in [0.05, 0.1) is 17.6 Å². The molecule has 1 heterocycles. The number of hydrogen-bond donors (Lipinski definition) is 0. The average Bonchev–Trinajstić information content (AvgIpc) is 2.62. The van der Waals surface area contributed by atoms with Crippen molar-refractivity contribution in [3.05, 3.63) is 41.2 Å². The highest BCUT2D eigenvalue weighted by Crippen LogP contribution is 2.30. The van der Waals surface area contributed by atoms with Crippen LogP contribution in [0.25, 0.3) is 5.69 Å². The van der Waals surface area contributed by atoms with Crippen LogP contribution in [0.5, 0.6) is 0 Å². The molecule has 0 aliphatic carbocycles. The molecule has 3 heteroatoms. The van der Waals surface area contributed by atoms with E-state index in [1.165, 1.54) is 11.1 Å². The van der Waals surface area contributed by atoms with Gasteiger partial charge in [-0.15, -0.1) is 0 Å². The minimum Gasteiger partial charge on any atom is -0.157 e. The van der Waals surface area contributed by atoms with Crippen molar-refractivity contribution in [1.29, 1.82) is 0 Å². The van der Waals surface area contributed by atoms with Gasteiger partial charge in [-0.2, -0.15) is 15.0 Å². The van der Waals surface area contributed by atoms with Crippen LogP contribution >= 0.6 is 0 Å². The maximum atomic E-state index is 4.40. The van der Waals surface area contributed by atoms with E-state index < -0.39 is 0 Å². The second-order valence-electron chi connectivity index (χ2n) is 5.49. The Morgan fingerprint density at radius 2 is 1.82 bits per heavy atom. The van der Waals surface area contributed by atoms with Crippen LogP contribution in [-0.2, 0) is 5.41 Å². The summed E-state index contributed by atoms with van der Waals surface area (Å²) >= 11 is 0. The predicted molar refractivity (Wildman–Crippen MR) is 69.5 cm³/mol. The van der Waals surface area contributed by atoms with Crippen LogP contribution in [-0.4, -0.2) is 15.0 Å². The molecule has 0 saturated carbocycles. The van der Waals surface area contributed by atoms with Crippen LogP contribution < -0.4 is 0 Å². The van der Waals surface area contributed by atoms with Crippen LogP contribution in [0.1, 0.15) is 37.6 Å². The van der Waals surface area contributed by atoms with Gasteiger partial charge in [0.15, 0.2) is 0 Å². The van der Waals surface area contributed by atoms with Crippen molar-refractivity contribution >= 4 is 0 Å². The molecule has 0 unspecified atom stereocenters. The Balaban J connectivity index is 2.66. The molecule has 0 fully saturated rings. The van der Waals surface area contributed by atoms with Gasteiger partial charge in [-0.25, -0.2) is 0 Å². The molecule has 0 spiro atoms. The molecular formula is C14H19N3. The SMILES string of the molecule is Cc1cnn(-c2cccc(C)c2C(C)(C)C)n1. The predicted octanol–water partition coefficient (Wildman–Crippen LogP) is 3.18. The molecule has 1 aromatic carbocycles. The normalized spacial score (nSPS) is 11.8. The minimum absolute atomic E-state index is 0.0855. The zero-order valence-electron chi connectivity index (χ0n) is 11.2.